The summed E-state index contributed by atoms with van der Waals surface area (Å²) in [5.41, 5.74) is 3.07. The first kappa shape index (κ1) is 16.2. The second-order valence-electron chi connectivity index (χ2n) is 5.99. The van der Waals surface area contributed by atoms with Crippen molar-refractivity contribution in [2.24, 2.45) is 5.92 Å². The van der Waals surface area contributed by atoms with E-state index in [1.165, 1.54) is 0 Å². The molecule has 1 heterocycles. The lowest BCUT2D eigenvalue weighted by molar-refractivity contribution is -0.151. The van der Waals surface area contributed by atoms with Gasteiger partial charge >= 0.3 is 5.97 Å². The van der Waals surface area contributed by atoms with Gasteiger partial charge in [-0.3, -0.25) is 9.59 Å². The third kappa shape index (κ3) is 3.18. The predicted molar refractivity (Wildman–Crippen MR) is 90.4 cm³/mol. The van der Waals surface area contributed by atoms with Gasteiger partial charge in [0, 0.05) is 5.92 Å². The molecule has 4 nitrogen and oxygen atoms in total. The minimum atomic E-state index is -0.842. The Morgan fingerprint density at radius 1 is 1.25 bits per heavy atom. The van der Waals surface area contributed by atoms with Crippen LogP contribution in [0.25, 0.3) is 5.57 Å². The zero-order chi connectivity index (χ0) is 17.1. The molecule has 0 fully saturated rings. The van der Waals surface area contributed by atoms with Crippen molar-refractivity contribution in [3.63, 3.8) is 0 Å². The number of ether oxygens (including phenoxy) is 1. The second-order valence-corrected chi connectivity index (χ2v) is 5.99. The maximum absolute atomic E-state index is 12.6. The molecule has 4 heteroatoms. The number of ketones is 1. The number of aryl methyl sites for hydroxylation is 1. The fourth-order valence-electron chi connectivity index (χ4n) is 3.12. The second kappa shape index (κ2) is 6.87. The molecule has 124 valence electrons. The average molecular weight is 324 g/mol. The number of carbonyl (C=O) groups excluding carboxylic acids is 2. The zero-order valence-electron chi connectivity index (χ0n) is 13.8. The first-order valence-electron chi connectivity index (χ1n) is 8.11. The van der Waals surface area contributed by atoms with Crippen LogP contribution >= 0.6 is 0 Å². The summed E-state index contributed by atoms with van der Waals surface area (Å²) in [6, 6.07) is 11.6. The SMILES string of the molecule is CCOC(=O)[C@H]1C(=O)C=C(c2ccc(C)cc2)C[C@H]1c1ccco1. The van der Waals surface area contributed by atoms with Gasteiger partial charge in [0.1, 0.15) is 11.7 Å². The molecule has 0 saturated heterocycles. The minimum absolute atomic E-state index is 0.225. The van der Waals surface area contributed by atoms with Crippen molar-refractivity contribution in [3.05, 3.63) is 65.6 Å². The minimum Gasteiger partial charge on any atom is -0.469 e. The third-order valence-corrected chi connectivity index (χ3v) is 4.34. The van der Waals surface area contributed by atoms with Crippen molar-refractivity contribution in [1.29, 1.82) is 0 Å². The summed E-state index contributed by atoms with van der Waals surface area (Å²) in [7, 11) is 0. The molecule has 0 spiro atoms. The van der Waals surface area contributed by atoms with Crippen LogP contribution in [0.1, 0.15) is 36.1 Å². The van der Waals surface area contributed by atoms with Crippen LogP contribution in [0.15, 0.2) is 53.2 Å². The molecule has 0 saturated carbocycles. The Kier molecular flexibility index (Phi) is 4.65. The molecule has 0 aliphatic heterocycles. The lowest BCUT2D eigenvalue weighted by Crippen LogP contribution is -2.33. The van der Waals surface area contributed by atoms with Gasteiger partial charge in [-0.2, -0.15) is 0 Å². The van der Waals surface area contributed by atoms with Crippen LogP contribution < -0.4 is 0 Å². The number of esters is 1. The topological polar surface area (TPSA) is 56.5 Å². The maximum atomic E-state index is 12.6. The van der Waals surface area contributed by atoms with Gasteiger partial charge in [-0.1, -0.05) is 29.8 Å². The van der Waals surface area contributed by atoms with Crippen LogP contribution in [0.3, 0.4) is 0 Å². The number of furan rings is 1. The van der Waals surface area contributed by atoms with Crippen molar-refractivity contribution in [3.8, 4) is 0 Å². The van der Waals surface area contributed by atoms with Gasteiger partial charge in [0.2, 0.25) is 0 Å². The molecule has 0 radical (unpaired) electrons. The van der Waals surface area contributed by atoms with E-state index in [-0.39, 0.29) is 18.3 Å². The third-order valence-electron chi connectivity index (χ3n) is 4.34. The van der Waals surface area contributed by atoms with Crippen molar-refractivity contribution in [2.75, 3.05) is 6.61 Å². The van der Waals surface area contributed by atoms with Crippen LogP contribution in [0.4, 0.5) is 0 Å². The summed E-state index contributed by atoms with van der Waals surface area (Å²) in [5.74, 6) is -1.25. The standard InChI is InChI=1S/C20H20O4/c1-3-23-20(22)19-16(18-5-4-10-24-18)11-15(12-17(19)21)14-8-6-13(2)7-9-14/h4-10,12,16,19H,3,11H2,1-2H3/t16-,19+/m0/s1. The average Bonchev–Trinajstić information content (AvgIpc) is 3.09. The normalized spacial score (nSPS) is 20.6. The number of hydrogen-bond donors (Lipinski definition) is 0. The van der Waals surface area contributed by atoms with E-state index >= 15 is 0 Å². The van der Waals surface area contributed by atoms with E-state index in [1.807, 2.05) is 37.3 Å². The first-order valence-corrected chi connectivity index (χ1v) is 8.11. The maximum Gasteiger partial charge on any atom is 0.317 e. The van der Waals surface area contributed by atoms with Crippen molar-refractivity contribution in [1.82, 2.24) is 0 Å². The van der Waals surface area contributed by atoms with Crippen LogP contribution in [0.5, 0.6) is 0 Å². The Bertz CT molecular complexity index is 753. The molecule has 1 aliphatic rings. The van der Waals surface area contributed by atoms with E-state index < -0.39 is 11.9 Å². The smallest absolute Gasteiger partial charge is 0.317 e. The summed E-state index contributed by atoms with van der Waals surface area (Å²) >= 11 is 0. The molecule has 24 heavy (non-hydrogen) atoms. The molecule has 1 aliphatic carbocycles. The van der Waals surface area contributed by atoms with Crippen molar-refractivity contribution >= 4 is 17.3 Å². The molecule has 3 rings (SSSR count). The van der Waals surface area contributed by atoms with Crippen LogP contribution in [-0.4, -0.2) is 18.4 Å². The first-order chi connectivity index (χ1) is 11.6. The quantitative estimate of drug-likeness (QED) is 0.632. The molecule has 0 N–H and O–H groups in total. The molecule has 2 aromatic rings. The summed E-state index contributed by atoms with van der Waals surface area (Å²) in [5, 5.41) is 0. The number of carbonyl (C=O) groups is 2. The van der Waals surface area contributed by atoms with Crippen molar-refractivity contribution < 1.29 is 18.7 Å². The molecule has 2 atom stereocenters. The highest BCUT2D eigenvalue weighted by Crippen LogP contribution is 2.40. The van der Waals surface area contributed by atoms with E-state index in [0.29, 0.717) is 12.2 Å². The zero-order valence-corrected chi connectivity index (χ0v) is 13.8. The van der Waals surface area contributed by atoms with Gasteiger partial charge in [0.25, 0.3) is 0 Å². The Labute approximate surface area is 141 Å². The molecule has 0 unspecified atom stereocenters. The number of benzene rings is 1. The van der Waals surface area contributed by atoms with E-state index in [0.717, 1.165) is 16.7 Å². The number of rotatable bonds is 4. The Hall–Kier alpha value is -2.62. The highest BCUT2D eigenvalue weighted by Gasteiger charge is 2.41. The molecular weight excluding hydrogens is 304 g/mol. The van der Waals surface area contributed by atoms with Crippen LogP contribution in [0.2, 0.25) is 0 Å². The Balaban J connectivity index is 1.98. The van der Waals surface area contributed by atoms with Crippen molar-refractivity contribution in [2.45, 2.75) is 26.2 Å². The van der Waals surface area contributed by atoms with Gasteiger partial charge < -0.3 is 9.15 Å². The Morgan fingerprint density at radius 3 is 2.62 bits per heavy atom. The van der Waals surface area contributed by atoms with Gasteiger partial charge in [0.15, 0.2) is 5.78 Å². The fourth-order valence-corrected chi connectivity index (χ4v) is 3.12. The van der Waals surface area contributed by atoms with E-state index in [9.17, 15) is 9.59 Å². The van der Waals surface area contributed by atoms with E-state index in [4.69, 9.17) is 9.15 Å². The lowest BCUT2D eigenvalue weighted by Gasteiger charge is -2.27. The molecule has 0 amide bonds. The number of hydrogen-bond acceptors (Lipinski definition) is 4. The summed E-state index contributed by atoms with van der Waals surface area (Å²) in [6.07, 6.45) is 3.70. The van der Waals surface area contributed by atoms with Gasteiger partial charge in [-0.25, -0.2) is 0 Å². The van der Waals surface area contributed by atoms with Gasteiger partial charge in [-0.05, 0) is 49.6 Å². The van der Waals surface area contributed by atoms with Crippen LogP contribution in [-0.2, 0) is 14.3 Å². The molecule has 0 bridgehead atoms. The van der Waals surface area contributed by atoms with E-state index in [1.54, 1.807) is 25.3 Å². The highest BCUT2D eigenvalue weighted by atomic mass is 16.5. The highest BCUT2D eigenvalue weighted by molar-refractivity contribution is 6.10. The van der Waals surface area contributed by atoms with E-state index in [2.05, 4.69) is 0 Å². The van der Waals surface area contributed by atoms with Crippen LogP contribution in [0, 0.1) is 12.8 Å². The lowest BCUT2D eigenvalue weighted by atomic mass is 9.75. The predicted octanol–water partition coefficient (Wildman–Crippen LogP) is 3.91. The summed E-state index contributed by atoms with van der Waals surface area (Å²) < 4.78 is 10.6. The molecule has 1 aromatic carbocycles. The molecular formula is C20H20O4. The molecule has 1 aromatic heterocycles. The summed E-state index contributed by atoms with van der Waals surface area (Å²) in [4.78, 5) is 24.9. The Morgan fingerprint density at radius 2 is 2.00 bits per heavy atom. The summed E-state index contributed by atoms with van der Waals surface area (Å²) in [6.45, 7) is 4.01. The van der Waals surface area contributed by atoms with Gasteiger partial charge in [0.05, 0.1) is 12.9 Å². The fraction of sp³-hybridized carbons (Fsp3) is 0.300. The number of allylic oxidation sites excluding steroid dienone is 2. The largest absolute Gasteiger partial charge is 0.469 e. The van der Waals surface area contributed by atoms with Gasteiger partial charge in [-0.15, -0.1) is 0 Å². The monoisotopic (exact) mass is 324 g/mol.